The van der Waals surface area contributed by atoms with E-state index in [0.717, 1.165) is 95.4 Å². The Morgan fingerprint density at radius 2 is 0.509 bits per heavy atom. The lowest BCUT2D eigenvalue weighted by Gasteiger charge is -2.63. The van der Waals surface area contributed by atoms with Crippen LogP contribution in [0.1, 0.15) is 250 Å². The molecule has 10 saturated carbocycles. The summed E-state index contributed by atoms with van der Waals surface area (Å²) >= 11 is 0. The Balaban J connectivity index is 0.921. The first kappa shape index (κ1) is 41.0. The van der Waals surface area contributed by atoms with Gasteiger partial charge in [0.1, 0.15) is 0 Å². The lowest BCUT2D eigenvalue weighted by atomic mass is 9.48. The monoisotopic (exact) mass is 783 g/mol. The summed E-state index contributed by atoms with van der Waals surface area (Å²) in [6.45, 7) is 0. The van der Waals surface area contributed by atoms with Gasteiger partial charge in [-0.2, -0.15) is 0 Å². The molecular weight excluding hydrogens is 689 g/mol. The van der Waals surface area contributed by atoms with Gasteiger partial charge in [-0.05, 0) is 162 Å². The summed E-state index contributed by atoms with van der Waals surface area (Å²) in [4.78, 5) is 6.92. The molecule has 324 valence electrons. The highest BCUT2D eigenvalue weighted by Crippen LogP contribution is 2.61. The van der Waals surface area contributed by atoms with Crippen molar-refractivity contribution in [2.45, 2.75) is 287 Å². The molecule has 10 rings (SSSR count). The number of hydrogen-bond acceptors (Lipinski definition) is 2. The highest BCUT2D eigenvalue weighted by molar-refractivity contribution is 5.09. The molecule has 0 heterocycles. The fourth-order valence-corrected chi connectivity index (χ4v) is 19.1. The van der Waals surface area contributed by atoms with Crippen LogP contribution in [0.4, 0.5) is 0 Å². The van der Waals surface area contributed by atoms with Gasteiger partial charge in [0.25, 0.3) is 0 Å². The van der Waals surface area contributed by atoms with E-state index in [4.69, 9.17) is 0 Å². The molecule has 10 fully saturated rings. The molecule has 0 spiro atoms. The van der Waals surface area contributed by atoms with Crippen LogP contribution in [-0.2, 0) is 0 Å². The van der Waals surface area contributed by atoms with Crippen molar-refractivity contribution < 1.29 is 0 Å². The summed E-state index contributed by atoms with van der Waals surface area (Å²) in [6.07, 6.45) is 60.8. The van der Waals surface area contributed by atoms with Crippen LogP contribution in [0.3, 0.4) is 0 Å². The molecule has 0 aromatic rings. The van der Waals surface area contributed by atoms with Gasteiger partial charge in [-0.25, -0.2) is 0 Å². The van der Waals surface area contributed by atoms with Crippen LogP contribution in [0.5, 0.6) is 0 Å². The second kappa shape index (κ2) is 19.5. The lowest BCUT2D eigenvalue weighted by Crippen LogP contribution is -2.64. The number of rotatable bonds is 9. The van der Waals surface area contributed by atoms with Crippen LogP contribution in [0, 0.1) is 59.2 Å². The average molecular weight is 783 g/mol. The first-order chi connectivity index (χ1) is 28.3. The Kier molecular flexibility index (Phi) is 14.0. The topological polar surface area (TPSA) is 6.48 Å². The Hall–Kier alpha value is -0.0800. The second-order valence-corrected chi connectivity index (χ2v) is 23.9. The molecule has 0 aliphatic heterocycles. The maximum atomic E-state index is 3.51. The minimum Gasteiger partial charge on any atom is -0.294 e. The van der Waals surface area contributed by atoms with Crippen LogP contribution in [0.2, 0.25) is 0 Å². The molecule has 57 heavy (non-hydrogen) atoms. The first-order valence-electron chi connectivity index (χ1n) is 27.9. The predicted molar refractivity (Wildman–Crippen MR) is 241 cm³/mol. The molecule has 8 unspecified atom stereocenters. The zero-order chi connectivity index (χ0) is 38.0. The van der Waals surface area contributed by atoms with Gasteiger partial charge in [0.15, 0.2) is 0 Å². The Labute approximate surface area is 354 Å². The summed E-state index contributed by atoms with van der Waals surface area (Å²) in [6, 6.07) is 5.56. The average Bonchev–Trinajstić information content (AvgIpc) is 3.29. The van der Waals surface area contributed by atoms with E-state index in [2.05, 4.69) is 9.80 Å². The Morgan fingerprint density at radius 3 is 0.877 bits per heavy atom. The van der Waals surface area contributed by atoms with Crippen LogP contribution in [-0.4, -0.2) is 46.1 Å². The number of hydrogen-bond donors (Lipinski definition) is 0. The van der Waals surface area contributed by atoms with Gasteiger partial charge in [-0.1, -0.05) is 148 Å². The molecule has 10 aliphatic carbocycles. The molecule has 2 heteroatoms. The molecule has 0 radical (unpaired) electrons. The molecule has 0 amide bonds. The quantitative estimate of drug-likeness (QED) is 0.230. The van der Waals surface area contributed by atoms with Crippen molar-refractivity contribution in [3.63, 3.8) is 0 Å². The minimum atomic E-state index is 0.915. The molecular formula is C55H94N2. The van der Waals surface area contributed by atoms with Crippen LogP contribution >= 0.6 is 0 Å². The molecule has 0 aromatic carbocycles. The molecule has 8 atom stereocenters. The van der Waals surface area contributed by atoms with Crippen molar-refractivity contribution in [2.24, 2.45) is 59.2 Å². The van der Waals surface area contributed by atoms with E-state index in [-0.39, 0.29) is 0 Å². The molecule has 0 bridgehead atoms. The van der Waals surface area contributed by atoms with Crippen molar-refractivity contribution in [1.82, 2.24) is 9.80 Å². The van der Waals surface area contributed by atoms with Gasteiger partial charge in [-0.3, -0.25) is 9.80 Å². The van der Waals surface area contributed by atoms with E-state index in [0.29, 0.717) is 0 Å². The van der Waals surface area contributed by atoms with Crippen LogP contribution in [0.25, 0.3) is 0 Å². The number of nitrogens with zero attached hydrogens (tertiary/aromatic N) is 2. The standard InChI is InChI=1S/C55H94N2/c1-6-20-40(21-7-1)55(41-22-8-2-9-23-41)42-34-36-46(37-35-42)57(45-28-14-5-15-29-45)54-39-52-47-30-16-18-32-49(47)53(38-51(52)48-31-17-19-33-50(48)54)56(43-24-10-3-11-25-43)44-26-12-4-13-27-44/h40-55H,1-39H2. The normalized spacial score (nSPS) is 41.5. The van der Waals surface area contributed by atoms with E-state index in [9.17, 15) is 0 Å². The molecule has 10 aliphatic rings. The molecule has 0 aromatic heterocycles. The van der Waals surface area contributed by atoms with Gasteiger partial charge in [0, 0.05) is 36.3 Å². The van der Waals surface area contributed by atoms with Gasteiger partial charge in [0.2, 0.25) is 0 Å². The van der Waals surface area contributed by atoms with Crippen molar-refractivity contribution in [3.05, 3.63) is 0 Å². The Morgan fingerprint density at radius 1 is 0.228 bits per heavy atom. The highest BCUT2D eigenvalue weighted by Gasteiger charge is 2.57. The predicted octanol–water partition coefficient (Wildman–Crippen LogP) is 15.3. The second-order valence-electron chi connectivity index (χ2n) is 23.9. The minimum absolute atomic E-state index is 0.915. The Bertz CT molecular complexity index is 1150. The van der Waals surface area contributed by atoms with E-state index in [1.165, 1.54) is 96.3 Å². The summed E-state index contributed by atoms with van der Waals surface area (Å²) in [7, 11) is 0. The van der Waals surface area contributed by atoms with E-state index in [1.807, 2.05) is 0 Å². The smallest absolute Gasteiger partial charge is 0.0135 e. The van der Waals surface area contributed by atoms with Crippen molar-refractivity contribution >= 4 is 0 Å². The van der Waals surface area contributed by atoms with Crippen molar-refractivity contribution in [3.8, 4) is 0 Å². The van der Waals surface area contributed by atoms with Gasteiger partial charge in [0.05, 0.1) is 0 Å². The molecule has 0 saturated heterocycles. The van der Waals surface area contributed by atoms with E-state index in [1.54, 1.807) is 154 Å². The third kappa shape index (κ3) is 8.80. The lowest BCUT2D eigenvalue weighted by molar-refractivity contribution is -0.140. The fourth-order valence-electron chi connectivity index (χ4n) is 19.1. The first-order valence-corrected chi connectivity index (χ1v) is 27.9. The maximum Gasteiger partial charge on any atom is 0.0135 e. The van der Waals surface area contributed by atoms with Crippen molar-refractivity contribution in [1.29, 1.82) is 0 Å². The third-order valence-electron chi connectivity index (χ3n) is 21.3. The van der Waals surface area contributed by atoms with Crippen molar-refractivity contribution in [2.75, 3.05) is 0 Å². The summed E-state index contributed by atoms with van der Waals surface area (Å²) in [5.41, 5.74) is 0. The largest absolute Gasteiger partial charge is 0.294 e. The van der Waals surface area contributed by atoms with Crippen LogP contribution < -0.4 is 0 Å². The zero-order valence-corrected chi connectivity index (χ0v) is 37.7. The summed E-state index contributed by atoms with van der Waals surface area (Å²) < 4.78 is 0. The SMILES string of the molecule is C1CCC(C(C2CCCCC2)C2CCC(N(C3CCCCC3)C3CC4C(CC(N(C5CCCCC5)C5CCCCC5)C5CCCCC45)C4CCCCC43)CC2)CC1. The van der Waals surface area contributed by atoms with Gasteiger partial charge in [-0.15, -0.1) is 0 Å². The molecule has 0 N–H and O–H groups in total. The van der Waals surface area contributed by atoms with Gasteiger partial charge < -0.3 is 0 Å². The number of fused-ring (bicyclic) bond motifs is 5. The van der Waals surface area contributed by atoms with Crippen LogP contribution in [0.15, 0.2) is 0 Å². The summed E-state index contributed by atoms with van der Waals surface area (Å²) in [5.74, 6) is 10.6. The zero-order valence-electron chi connectivity index (χ0n) is 37.7. The third-order valence-corrected chi connectivity index (χ3v) is 21.3. The van der Waals surface area contributed by atoms with E-state index >= 15 is 0 Å². The highest BCUT2D eigenvalue weighted by atomic mass is 15.2. The molecule has 2 nitrogen and oxygen atoms in total. The summed E-state index contributed by atoms with van der Waals surface area (Å²) in [5, 5.41) is 0. The van der Waals surface area contributed by atoms with Gasteiger partial charge >= 0.3 is 0 Å². The maximum absolute atomic E-state index is 3.51. The van der Waals surface area contributed by atoms with E-state index < -0.39 is 0 Å². The fraction of sp³-hybridized carbons (Fsp3) is 1.00.